The lowest BCUT2D eigenvalue weighted by molar-refractivity contribution is -0.142. The number of ketones is 1. The van der Waals surface area contributed by atoms with E-state index in [0.29, 0.717) is 30.9 Å². The molecule has 4 aromatic rings. The van der Waals surface area contributed by atoms with E-state index in [1.54, 1.807) is 25.5 Å². The topological polar surface area (TPSA) is 99.5 Å². The van der Waals surface area contributed by atoms with Crippen LogP contribution >= 0.6 is 11.8 Å². The summed E-state index contributed by atoms with van der Waals surface area (Å²) in [5, 5.41) is 2.83. The molecule has 0 aliphatic heterocycles. The van der Waals surface area contributed by atoms with Gasteiger partial charge in [-0.2, -0.15) is 0 Å². The van der Waals surface area contributed by atoms with Crippen LogP contribution in [0.15, 0.2) is 90.3 Å². The maximum absolute atomic E-state index is 13.1. The van der Waals surface area contributed by atoms with Gasteiger partial charge in [-0.25, -0.2) is 4.98 Å². The summed E-state index contributed by atoms with van der Waals surface area (Å²) in [7, 11) is 0. The molecule has 1 aromatic heterocycles. The van der Waals surface area contributed by atoms with E-state index in [-0.39, 0.29) is 36.7 Å². The number of ether oxygens (including phenoxy) is 2. The van der Waals surface area contributed by atoms with Crippen molar-refractivity contribution in [2.24, 2.45) is 0 Å². The Kier molecular flexibility index (Phi) is 10.3. The molecule has 1 amide bonds. The van der Waals surface area contributed by atoms with Gasteiger partial charge in [0.2, 0.25) is 0 Å². The van der Waals surface area contributed by atoms with Gasteiger partial charge >= 0.3 is 5.97 Å². The third-order valence-corrected chi connectivity index (χ3v) is 8.42. The van der Waals surface area contributed by atoms with Crippen molar-refractivity contribution < 1.29 is 23.9 Å². The van der Waals surface area contributed by atoms with Crippen molar-refractivity contribution in [3.63, 3.8) is 0 Å². The van der Waals surface area contributed by atoms with Gasteiger partial charge in [-0.15, -0.1) is 11.8 Å². The van der Waals surface area contributed by atoms with Crippen LogP contribution in [0.25, 0.3) is 0 Å². The molecule has 1 heterocycles. The van der Waals surface area contributed by atoms with Crippen LogP contribution in [0.3, 0.4) is 0 Å². The number of imidazole rings is 1. The number of esters is 1. The first-order valence-corrected chi connectivity index (χ1v) is 15.5. The zero-order valence-electron chi connectivity index (χ0n) is 24.2. The second-order valence-corrected chi connectivity index (χ2v) is 11.2. The lowest BCUT2D eigenvalue weighted by Gasteiger charge is -2.26. The maximum atomic E-state index is 13.1. The van der Waals surface area contributed by atoms with Gasteiger partial charge in [-0.05, 0) is 55.2 Å². The summed E-state index contributed by atoms with van der Waals surface area (Å²) in [6, 6.07) is 21.3. The van der Waals surface area contributed by atoms with Crippen molar-refractivity contribution in [1.82, 2.24) is 14.9 Å². The fourth-order valence-electron chi connectivity index (χ4n) is 5.20. The number of nitrogens with zero attached hydrogens (tertiary/aromatic N) is 2. The molecule has 0 fully saturated rings. The monoisotopic (exact) mass is 597 g/mol. The van der Waals surface area contributed by atoms with Crippen LogP contribution in [0, 0.1) is 0 Å². The number of fused-ring (bicyclic) bond motifs is 1. The third kappa shape index (κ3) is 7.73. The number of aromatic nitrogens is 2. The number of nitrogens with one attached hydrogen (secondary N) is 1. The van der Waals surface area contributed by atoms with E-state index < -0.39 is 0 Å². The van der Waals surface area contributed by atoms with Gasteiger partial charge in [0, 0.05) is 47.1 Å². The first kappa shape index (κ1) is 30.1. The highest BCUT2D eigenvalue weighted by Gasteiger charge is 2.25. The molecular formula is C34H35N3O5S. The Morgan fingerprint density at radius 3 is 2.65 bits per heavy atom. The molecule has 3 aromatic carbocycles. The van der Waals surface area contributed by atoms with Crippen molar-refractivity contribution in [2.75, 3.05) is 13.2 Å². The maximum Gasteiger partial charge on any atom is 0.307 e. The molecular weight excluding hydrogens is 562 g/mol. The Hall–Kier alpha value is -4.37. The Bertz CT molecular complexity index is 1560. The summed E-state index contributed by atoms with van der Waals surface area (Å²) in [5.41, 5.74) is 4.31. The van der Waals surface area contributed by atoms with Crippen molar-refractivity contribution in [3.05, 3.63) is 113 Å². The predicted octanol–water partition coefficient (Wildman–Crippen LogP) is 6.20. The van der Waals surface area contributed by atoms with E-state index in [0.717, 1.165) is 45.7 Å². The normalized spacial score (nSPS) is 13.2. The van der Waals surface area contributed by atoms with Gasteiger partial charge in [0.15, 0.2) is 5.78 Å². The summed E-state index contributed by atoms with van der Waals surface area (Å²) in [5.74, 6) is 0.803. The second-order valence-electron chi connectivity index (χ2n) is 10.2. The largest absolute Gasteiger partial charge is 0.484 e. The van der Waals surface area contributed by atoms with E-state index in [1.165, 1.54) is 11.8 Å². The predicted molar refractivity (Wildman–Crippen MR) is 165 cm³/mol. The van der Waals surface area contributed by atoms with Crippen LogP contribution in [-0.2, 0) is 28.2 Å². The van der Waals surface area contributed by atoms with Crippen LogP contribution in [-0.4, -0.2) is 40.4 Å². The Balaban J connectivity index is 1.41. The Morgan fingerprint density at radius 1 is 1.05 bits per heavy atom. The number of thioether (sulfide) groups is 1. The zero-order valence-corrected chi connectivity index (χ0v) is 25.0. The molecule has 43 heavy (non-hydrogen) atoms. The number of carbonyl (C=O) groups excluding carboxylic acids is 3. The average molecular weight is 598 g/mol. The van der Waals surface area contributed by atoms with Crippen molar-refractivity contribution in [3.8, 4) is 5.75 Å². The first-order valence-electron chi connectivity index (χ1n) is 14.5. The van der Waals surface area contributed by atoms with E-state index in [2.05, 4.69) is 22.4 Å². The van der Waals surface area contributed by atoms with Gasteiger partial charge in [-0.3, -0.25) is 14.4 Å². The molecule has 5 rings (SSSR count). The molecule has 0 bridgehead atoms. The van der Waals surface area contributed by atoms with Crippen LogP contribution in [0.5, 0.6) is 5.75 Å². The number of hydrogen-bond donors (Lipinski definition) is 1. The van der Waals surface area contributed by atoms with Gasteiger partial charge in [0.05, 0.1) is 31.5 Å². The molecule has 0 saturated carbocycles. The standard InChI is InChI=1S/C34H35N3O5S/c1-2-41-33(39)17-18-36-34(40)27-11-6-7-14-32(27)43-22-28-25-12-8-13-29(38)26(25)15-16-30(28)42-31(21-37-20-19-35-23-37)24-9-4-3-5-10-24/h3-7,9-11,14-16,19-20,23,31H,2,8,12-13,17-18,21-22H2,1H3,(H,36,40). The molecule has 1 aliphatic rings. The van der Waals surface area contributed by atoms with Gasteiger partial charge in [-0.1, -0.05) is 42.5 Å². The smallest absolute Gasteiger partial charge is 0.307 e. The van der Waals surface area contributed by atoms with Crippen molar-refractivity contribution in [2.45, 2.75) is 55.9 Å². The highest BCUT2D eigenvalue weighted by atomic mass is 32.2. The Labute approximate surface area is 255 Å². The minimum Gasteiger partial charge on any atom is -0.484 e. The Morgan fingerprint density at radius 2 is 1.86 bits per heavy atom. The fraction of sp³-hybridized carbons (Fsp3) is 0.294. The molecule has 0 spiro atoms. The number of carbonyl (C=O) groups is 3. The molecule has 1 N–H and O–H groups in total. The molecule has 9 heteroatoms. The van der Waals surface area contributed by atoms with E-state index in [1.807, 2.05) is 59.3 Å². The molecule has 222 valence electrons. The van der Waals surface area contributed by atoms with E-state index >= 15 is 0 Å². The van der Waals surface area contributed by atoms with Crippen LogP contribution < -0.4 is 10.1 Å². The summed E-state index contributed by atoms with van der Waals surface area (Å²) < 4.78 is 13.7. The summed E-state index contributed by atoms with van der Waals surface area (Å²) in [6.07, 6.45) is 7.40. The fourth-order valence-corrected chi connectivity index (χ4v) is 6.31. The van der Waals surface area contributed by atoms with Crippen molar-refractivity contribution in [1.29, 1.82) is 0 Å². The SMILES string of the molecule is CCOC(=O)CCNC(=O)c1ccccc1SCc1c(OC(Cn2ccnc2)c2ccccc2)ccc2c1CCCC2=O. The summed E-state index contributed by atoms with van der Waals surface area (Å²) in [6.45, 7) is 2.83. The third-order valence-electron chi connectivity index (χ3n) is 7.32. The minimum atomic E-state index is -0.344. The minimum absolute atomic E-state index is 0.113. The van der Waals surface area contributed by atoms with E-state index in [4.69, 9.17) is 9.47 Å². The lowest BCUT2D eigenvalue weighted by Crippen LogP contribution is -2.27. The van der Waals surface area contributed by atoms with Crippen LogP contribution in [0.2, 0.25) is 0 Å². The molecule has 1 unspecified atom stereocenters. The van der Waals surface area contributed by atoms with Gasteiger partial charge in [0.25, 0.3) is 5.91 Å². The molecule has 8 nitrogen and oxygen atoms in total. The molecule has 0 radical (unpaired) electrons. The zero-order chi connectivity index (χ0) is 30.0. The average Bonchev–Trinajstić information content (AvgIpc) is 3.54. The number of hydrogen-bond acceptors (Lipinski definition) is 7. The summed E-state index contributed by atoms with van der Waals surface area (Å²) in [4.78, 5) is 42.6. The summed E-state index contributed by atoms with van der Waals surface area (Å²) >= 11 is 1.53. The highest BCUT2D eigenvalue weighted by molar-refractivity contribution is 7.98. The van der Waals surface area contributed by atoms with Gasteiger partial charge < -0.3 is 19.4 Å². The van der Waals surface area contributed by atoms with E-state index in [9.17, 15) is 14.4 Å². The van der Waals surface area contributed by atoms with Crippen LogP contribution in [0.4, 0.5) is 0 Å². The van der Waals surface area contributed by atoms with Crippen LogP contribution in [0.1, 0.15) is 69.7 Å². The number of Topliss-reactive ketones (excluding diaryl/α,β-unsaturated/α-hetero) is 1. The highest BCUT2D eigenvalue weighted by Crippen LogP contribution is 2.38. The number of rotatable bonds is 13. The van der Waals surface area contributed by atoms with Gasteiger partial charge in [0.1, 0.15) is 11.9 Å². The van der Waals surface area contributed by atoms with Crippen molar-refractivity contribution >= 4 is 29.4 Å². The quantitative estimate of drug-likeness (QED) is 0.145. The lowest BCUT2D eigenvalue weighted by atomic mass is 9.87. The number of benzene rings is 3. The second kappa shape index (κ2) is 14.7. The molecule has 1 atom stereocenters. The number of amides is 1. The first-order chi connectivity index (χ1) is 21.0. The molecule has 1 aliphatic carbocycles. The molecule has 0 saturated heterocycles.